The van der Waals surface area contributed by atoms with Crippen LogP contribution in [-0.2, 0) is 9.53 Å². The SMILES string of the molecule is C#CCC(=O)C1CCOCC1C. The van der Waals surface area contributed by atoms with Gasteiger partial charge >= 0.3 is 0 Å². The molecule has 1 rings (SSSR count). The molecule has 2 unspecified atom stereocenters. The molecule has 2 atom stereocenters. The van der Waals surface area contributed by atoms with E-state index in [9.17, 15) is 4.79 Å². The topological polar surface area (TPSA) is 26.3 Å². The van der Waals surface area contributed by atoms with Gasteiger partial charge < -0.3 is 4.74 Å². The highest BCUT2D eigenvalue weighted by Crippen LogP contribution is 2.22. The number of carbonyl (C=O) groups excluding carboxylic acids is 1. The Morgan fingerprint density at radius 3 is 3.08 bits per heavy atom. The van der Waals surface area contributed by atoms with Gasteiger partial charge in [0, 0.05) is 19.1 Å². The van der Waals surface area contributed by atoms with Crippen LogP contribution in [0.2, 0.25) is 0 Å². The van der Waals surface area contributed by atoms with Gasteiger partial charge in [-0.25, -0.2) is 0 Å². The number of ether oxygens (including phenoxy) is 1. The van der Waals surface area contributed by atoms with E-state index in [2.05, 4.69) is 5.92 Å². The van der Waals surface area contributed by atoms with Gasteiger partial charge in [0.05, 0.1) is 6.42 Å². The van der Waals surface area contributed by atoms with E-state index in [1.165, 1.54) is 0 Å². The molecule has 0 aromatic heterocycles. The van der Waals surface area contributed by atoms with Crippen molar-refractivity contribution in [2.24, 2.45) is 11.8 Å². The fourth-order valence-electron chi connectivity index (χ4n) is 1.59. The Bertz CT molecular complexity index is 202. The fourth-order valence-corrected chi connectivity index (χ4v) is 1.59. The summed E-state index contributed by atoms with van der Waals surface area (Å²) < 4.78 is 5.24. The van der Waals surface area contributed by atoms with Crippen molar-refractivity contribution in [1.82, 2.24) is 0 Å². The lowest BCUT2D eigenvalue weighted by Gasteiger charge is -2.26. The number of carbonyl (C=O) groups is 1. The van der Waals surface area contributed by atoms with Crippen molar-refractivity contribution in [2.45, 2.75) is 19.8 Å². The van der Waals surface area contributed by atoms with Crippen LogP contribution >= 0.6 is 0 Å². The molecular weight excluding hydrogens is 152 g/mol. The van der Waals surface area contributed by atoms with Gasteiger partial charge in [-0.1, -0.05) is 12.8 Å². The summed E-state index contributed by atoms with van der Waals surface area (Å²) in [5, 5.41) is 0. The van der Waals surface area contributed by atoms with Crippen LogP contribution in [-0.4, -0.2) is 19.0 Å². The number of terminal acetylenes is 1. The third-order valence-corrected chi connectivity index (χ3v) is 2.33. The maximum Gasteiger partial charge on any atom is 0.148 e. The van der Waals surface area contributed by atoms with Gasteiger partial charge in [-0.3, -0.25) is 4.79 Å². The zero-order chi connectivity index (χ0) is 8.97. The van der Waals surface area contributed by atoms with Crippen molar-refractivity contribution in [3.05, 3.63) is 0 Å². The molecular formula is C10H14O2. The first kappa shape index (κ1) is 9.28. The van der Waals surface area contributed by atoms with Gasteiger partial charge in [0.1, 0.15) is 5.78 Å². The molecule has 0 bridgehead atoms. The summed E-state index contributed by atoms with van der Waals surface area (Å²) in [4.78, 5) is 11.4. The third kappa shape index (κ3) is 2.09. The Morgan fingerprint density at radius 2 is 2.50 bits per heavy atom. The van der Waals surface area contributed by atoms with Crippen LogP contribution in [0.5, 0.6) is 0 Å². The van der Waals surface area contributed by atoms with E-state index in [-0.39, 0.29) is 18.1 Å². The normalized spacial score (nSPS) is 29.3. The molecule has 0 aromatic rings. The van der Waals surface area contributed by atoms with E-state index < -0.39 is 0 Å². The summed E-state index contributed by atoms with van der Waals surface area (Å²) in [6.07, 6.45) is 6.19. The number of Topliss-reactive ketones (excluding diaryl/α,β-unsaturated/α-hetero) is 1. The molecule has 1 saturated heterocycles. The Labute approximate surface area is 73.3 Å². The number of rotatable bonds is 2. The second-order valence-electron chi connectivity index (χ2n) is 3.29. The predicted octanol–water partition coefficient (Wildman–Crippen LogP) is 1.25. The molecule has 0 aromatic carbocycles. The van der Waals surface area contributed by atoms with Crippen LogP contribution in [0, 0.1) is 24.2 Å². The molecule has 0 radical (unpaired) electrons. The van der Waals surface area contributed by atoms with Crippen molar-refractivity contribution >= 4 is 5.78 Å². The maximum absolute atomic E-state index is 11.4. The van der Waals surface area contributed by atoms with Crippen LogP contribution < -0.4 is 0 Å². The van der Waals surface area contributed by atoms with Gasteiger partial charge in [-0.15, -0.1) is 6.42 Å². The average Bonchev–Trinajstić information content (AvgIpc) is 2.05. The molecule has 1 aliphatic rings. The molecule has 12 heavy (non-hydrogen) atoms. The minimum Gasteiger partial charge on any atom is -0.381 e. The van der Waals surface area contributed by atoms with E-state index >= 15 is 0 Å². The van der Waals surface area contributed by atoms with Crippen LogP contribution in [0.4, 0.5) is 0 Å². The molecule has 1 fully saturated rings. The van der Waals surface area contributed by atoms with E-state index in [1.54, 1.807) is 0 Å². The molecule has 1 heterocycles. The molecule has 66 valence electrons. The van der Waals surface area contributed by atoms with Gasteiger partial charge in [-0.05, 0) is 12.3 Å². The van der Waals surface area contributed by atoms with Gasteiger partial charge in [0.15, 0.2) is 0 Å². The van der Waals surface area contributed by atoms with Crippen molar-refractivity contribution in [2.75, 3.05) is 13.2 Å². The predicted molar refractivity (Wildman–Crippen MR) is 46.5 cm³/mol. The molecule has 0 saturated carbocycles. The van der Waals surface area contributed by atoms with Crippen LogP contribution in [0.1, 0.15) is 19.8 Å². The van der Waals surface area contributed by atoms with Crippen molar-refractivity contribution in [3.8, 4) is 12.3 Å². The highest BCUT2D eigenvalue weighted by atomic mass is 16.5. The molecule has 2 nitrogen and oxygen atoms in total. The minimum atomic E-state index is 0.134. The smallest absolute Gasteiger partial charge is 0.148 e. The van der Waals surface area contributed by atoms with Crippen LogP contribution in [0.15, 0.2) is 0 Å². The Balaban J connectivity index is 2.49. The van der Waals surface area contributed by atoms with Crippen LogP contribution in [0.3, 0.4) is 0 Å². The van der Waals surface area contributed by atoms with Crippen molar-refractivity contribution < 1.29 is 9.53 Å². The first-order valence-electron chi connectivity index (χ1n) is 4.29. The van der Waals surface area contributed by atoms with Crippen molar-refractivity contribution in [3.63, 3.8) is 0 Å². The summed E-state index contributed by atoms with van der Waals surface area (Å²) in [5.74, 6) is 3.06. The number of ketones is 1. The molecule has 0 amide bonds. The van der Waals surface area contributed by atoms with E-state index in [4.69, 9.17) is 11.2 Å². The number of hydrogen-bond donors (Lipinski definition) is 0. The summed E-state index contributed by atoms with van der Waals surface area (Å²) >= 11 is 0. The highest BCUT2D eigenvalue weighted by Gasteiger charge is 2.27. The quantitative estimate of drug-likeness (QED) is 0.577. The summed E-state index contributed by atoms with van der Waals surface area (Å²) in [6, 6.07) is 0. The molecule has 0 aliphatic carbocycles. The lowest BCUT2D eigenvalue weighted by molar-refractivity contribution is -0.127. The summed E-state index contributed by atoms with van der Waals surface area (Å²) in [6.45, 7) is 3.44. The maximum atomic E-state index is 11.4. The summed E-state index contributed by atoms with van der Waals surface area (Å²) in [5.41, 5.74) is 0. The standard InChI is InChI=1S/C10H14O2/c1-3-4-10(11)9-5-6-12-7-8(9)2/h1,8-9H,4-7H2,2H3. The van der Waals surface area contributed by atoms with E-state index in [1.807, 2.05) is 6.92 Å². The minimum absolute atomic E-state index is 0.134. The summed E-state index contributed by atoms with van der Waals surface area (Å²) in [7, 11) is 0. The lowest BCUT2D eigenvalue weighted by Crippen LogP contribution is -2.31. The third-order valence-electron chi connectivity index (χ3n) is 2.33. The average molecular weight is 166 g/mol. The molecule has 1 aliphatic heterocycles. The van der Waals surface area contributed by atoms with E-state index in [0.29, 0.717) is 19.1 Å². The lowest BCUT2D eigenvalue weighted by atomic mass is 9.85. The monoisotopic (exact) mass is 166 g/mol. The first-order chi connectivity index (χ1) is 5.75. The van der Waals surface area contributed by atoms with E-state index in [0.717, 1.165) is 6.42 Å². The Morgan fingerprint density at radius 1 is 1.75 bits per heavy atom. The highest BCUT2D eigenvalue weighted by molar-refractivity contribution is 5.83. The number of hydrogen-bond acceptors (Lipinski definition) is 2. The van der Waals surface area contributed by atoms with Gasteiger partial charge in [0.25, 0.3) is 0 Å². The zero-order valence-corrected chi connectivity index (χ0v) is 7.38. The van der Waals surface area contributed by atoms with Crippen LogP contribution in [0.25, 0.3) is 0 Å². The Kier molecular flexibility index (Phi) is 3.31. The zero-order valence-electron chi connectivity index (χ0n) is 7.38. The largest absolute Gasteiger partial charge is 0.381 e. The van der Waals surface area contributed by atoms with Gasteiger partial charge in [-0.2, -0.15) is 0 Å². The van der Waals surface area contributed by atoms with Gasteiger partial charge in [0.2, 0.25) is 0 Å². The fraction of sp³-hybridized carbons (Fsp3) is 0.700. The molecule has 0 N–H and O–H groups in total. The second-order valence-corrected chi connectivity index (χ2v) is 3.29. The second kappa shape index (κ2) is 4.27. The van der Waals surface area contributed by atoms with Crippen molar-refractivity contribution in [1.29, 1.82) is 0 Å². The molecule has 2 heteroatoms. The Hall–Kier alpha value is -0.810. The molecule has 0 spiro atoms. The first-order valence-corrected chi connectivity index (χ1v) is 4.29.